The number of aromatic nitrogens is 1. The molecular weight excluding hydrogens is 236 g/mol. The van der Waals surface area contributed by atoms with E-state index in [0.29, 0.717) is 16.8 Å². The van der Waals surface area contributed by atoms with Crippen molar-refractivity contribution in [3.05, 3.63) is 28.7 Å². The van der Waals surface area contributed by atoms with E-state index < -0.39 is 5.76 Å². The molecule has 0 spiro atoms. The highest BCUT2D eigenvalue weighted by Crippen LogP contribution is 2.19. The third-order valence-electron chi connectivity index (χ3n) is 2.56. The Labute approximate surface area is 102 Å². The zero-order valence-corrected chi connectivity index (χ0v) is 10.0. The minimum absolute atomic E-state index is 0.142. The maximum Gasteiger partial charge on any atom is 0.417 e. The number of oxazole rings is 1. The van der Waals surface area contributed by atoms with Gasteiger partial charge in [-0.1, -0.05) is 0 Å². The Hall–Kier alpha value is -2.37. The second-order valence-corrected chi connectivity index (χ2v) is 4.03. The molecular formula is C12H12N2O4. The van der Waals surface area contributed by atoms with E-state index in [9.17, 15) is 14.4 Å². The number of aromatic amines is 1. The number of nitrogens with zero attached hydrogens (tertiary/aromatic N) is 1. The summed E-state index contributed by atoms with van der Waals surface area (Å²) in [6.07, 6.45) is -0.142. The van der Waals surface area contributed by atoms with Crippen molar-refractivity contribution in [2.45, 2.75) is 13.3 Å². The maximum atomic E-state index is 11.7. The van der Waals surface area contributed by atoms with Crippen molar-refractivity contribution < 1.29 is 14.0 Å². The number of nitrogens with one attached hydrogen (secondary N) is 1. The highest BCUT2D eigenvalue weighted by Gasteiger charge is 2.14. The second-order valence-electron chi connectivity index (χ2n) is 4.03. The van der Waals surface area contributed by atoms with Crippen LogP contribution >= 0.6 is 0 Å². The Morgan fingerprint density at radius 3 is 2.78 bits per heavy atom. The highest BCUT2D eigenvalue weighted by atomic mass is 16.4. The van der Waals surface area contributed by atoms with Crippen molar-refractivity contribution in [2.75, 3.05) is 11.9 Å². The van der Waals surface area contributed by atoms with Crippen LogP contribution in [-0.2, 0) is 9.59 Å². The van der Waals surface area contributed by atoms with Crippen LogP contribution in [0.15, 0.2) is 27.4 Å². The lowest BCUT2D eigenvalue weighted by Crippen LogP contribution is -2.27. The van der Waals surface area contributed by atoms with Gasteiger partial charge in [-0.2, -0.15) is 0 Å². The maximum absolute atomic E-state index is 11.7. The third kappa shape index (κ3) is 2.32. The molecule has 0 bridgehead atoms. The van der Waals surface area contributed by atoms with Crippen LogP contribution in [-0.4, -0.2) is 23.7 Å². The van der Waals surface area contributed by atoms with E-state index in [2.05, 4.69) is 4.98 Å². The highest BCUT2D eigenvalue weighted by molar-refractivity contribution is 6.05. The molecule has 94 valence electrons. The number of amides is 1. The Bertz CT molecular complexity index is 668. The predicted octanol–water partition coefficient (Wildman–Crippen LogP) is 1.06. The molecule has 1 N–H and O–H groups in total. The fourth-order valence-corrected chi connectivity index (χ4v) is 1.62. The molecule has 6 heteroatoms. The van der Waals surface area contributed by atoms with Crippen LogP contribution in [0.4, 0.5) is 5.69 Å². The first-order valence-electron chi connectivity index (χ1n) is 5.36. The molecule has 1 aromatic heterocycles. The standard InChI is InChI=1S/C12H12N2O4/c1-7(15)5-11(16)14(2)8-3-4-10-9(6-8)13-12(17)18-10/h3-4,6H,5H2,1-2H3,(H,13,17). The number of H-pyrrole nitrogens is 1. The fourth-order valence-electron chi connectivity index (χ4n) is 1.62. The summed E-state index contributed by atoms with van der Waals surface area (Å²) in [5, 5.41) is 0. The molecule has 0 radical (unpaired) electrons. The summed E-state index contributed by atoms with van der Waals surface area (Å²) >= 11 is 0. The van der Waals surface area contributed by atoms with Gasteiger partial charge in [0.15, 0.2) is 5.58 Å². The Balaban J connectivity index is 2.32. The quantitative estimate of drug-likeness (QED) is 0.823. The van der Waals surface area contributed by atoms with Crippen molar-refractivity contribution in [2.24, 2.45) is 0 Å². The van der Waals surface area contributed by atoms with E-state index in [1.807, 2.05) is 0 Å². The SMILES string of the molecule is CC(=O)CC(=O)N(C)c1ccc2oc(=O)[nH]c2c1. The number of anilines is 1. The van der Waals surface area contributed by atoms with Crippen LogP contribution in [0.3, 0.4) is 0 Å². The summed E-state index contributed by atoms with van der Waals surface area (Å²) in [5.41, 5.74) is 1.53. The largest absolute Gasteiger partial charge is 0.417 e. The molecule has 0 aliphatic heterocycles. The number of hydrogen-bond acceptors (Lipinski definition) is 4. The number of ketones is 1. The number of carbonyl (C=O) groups excluding carboxylic acids is 2. The number of rotatable bonds is 3. The van der Waals surface area contributed by atoms with Gasteiger partial charge in [-0.15, -0.1) is 0 Å². The molecule has 18 heavy (non-hydrogen) atoms. The monoisotopic (exact) mass is 248 g/mol. The van der Waals surface area contributed by atoms with Gasteiger partial charge in [-0.25, -0.2) is 4.79 Å². The van der Waals surface area contributed by atoms with Gasteiger partial charge in [-0.3, -0.25) is 14.6 Å². The Kier molecular flexibility index (Phi) is 3.01. The molecule has 0 unspecified atom stereocenters. The number of benzene rings is 1. The molecule has 1 amide bonds. The van der Waals surface area contributed by atoms with Crippen LogP contribution in [0.25, 0.3) is 11.1 Å². The topological polar surface area (TPSA) is 83.4 Å². The van der Waals surface area contributed by atoms with E-state index in [0.717, 1.165) is 0 Å². The van der Waals surface area contributed by atoms with Gasteiger partial charge in [0, 0.05) is 12.7 Å². The van der Waals surface area contributed by atoms with Crippen molar-refractivity contribution in [1.82, 2.24) is 4.98 Å². The van der Waals surface area contributed by atoms with E-state index in [-0.39, 0.29) is 18.1 Å². The van der Waals surface area contributed by atoms with Crippen LogP contribution in [0.5, 0.6) is 0 Å². The molecule has 2 aromatic rings. The fraction of sp³-hybridized carbons (Fsp3) is 0.250. The van der Waals surface area contributed by atoms with Gasteiger partial charge in [0.2, 0.25) is 5.91 Å². The lowest BCUT2D eigenvalue weighted by molar-refractivity contribution is -0.125. The van der Waals surface area contributed by atoms with Gasteiger partial charge >= 0.3 is 5.76 Å². The van der Waals surface area contributed by atoms with Crippen molar-refractivity contribution >= 4 is 28.5 Å². The lowest BCUT2D eigenvalue weighted by Gasteiger charge is -2.16. The van der Waals surface area contributed by atoms with E-state index >= 15 is 0 Å². The molecule has 0 aliphatic rings. The van der Waals surface area contributed by atoms with Gasteiger partial charge in [0.1, 0.15) is 5.78 Å². The lowest BCUT2D eigenvalue weighted by atomic mass is 10.2. The van der Waals surface area contributed by atoms with Gasteiger partial charge in [-0.05, 0) is 25.1 Å². The molecule has 0 aliphatic carbocycles. The Morgan fingerprint density at radius 2 is 2.11 bits per heavy atom. The minimum atomic E-state index is -0.542. The van der Waals surface area contributed by atoms with Crippen molar-refractivity contribution in [3.8, 4) is 0 Å². The summed E-state index contributed by atoms with van der Waals surface area (Å²) in [7, 11) is 1.57. The zero-order chi connectivity index (χ0) is 13.3. The molecule has 1 heterocycles. The second kappa shape index (κ2) is 4.48. The molecule has 2 rings (SSSR count). The number of Topliss-reactive ketones (excluding diaryl/α,β-unsaturated/α-hetero) is 1. The molecule has 0 saturated carbocycles. The predicted molar refractivity (Wildman–Crippen MR) is 65.5 cm³/mol. The van der Waals surface area contributed by atoms with Crippen LogP contribution < -0.4 is 10.7 Å². The average molecular weight is 248 g/mol. The summed E-state index contributed by atoms with van der Waals surface area (Å²) < 4.78 is 4.86. The van der Waals surface area contributed by atoms with Crippen molar-refractivity contribution in [3.63, 3.8) is 0 Å². The van der Waals surface area contributed by atoms with E-state index in [1.165, 1.54) is 11.8 Å². The van der Waals surface area contributed by atoms with Gasteiger partial charge < -0.3 is 9.32 Å². The number of hydrogen-bond donors (Lipinski definition) is 1. The molecule has 0 fully saturated rings. The van der Waals surface area contributed by atoms with E-state index in [4.69, 9.17) is 4.42 Å². The zero-order valence-electron chi connectivity index (χ0n) is 10.0. The number of carbonyl (C=O) groups is 2. The number of fused-ring (bicyclic) bond motifs is 1. The molecule has 6 nitrogen and oxygen atoms in total. The van der Waals surface area contributed by atoms with Gasteiger partial charge in [0.05, 0.1) is 11.9 Å². The normalized spacial score (nSPS) is 10.6. The first kappa shape index (κ1) is 12.1. The summed E-state index contributed by atoms with van der Waals surface area (Å²) in [6.45, 7) is 1.36. The van der Waals surface area contributed by atoms with Crippen LogP contribution in [0.2, 0.25) is 0 Å². The molecule has 0 saturated heterocycles. The van der Waals surface area contributed by atoms with Crippen LogP contribution in [0.1, 0.15) is 13.3 Å². The van der Waals surface area contributed by atoms with E-state index in [1.54, 1.807) is 25.2 Å². The Morgan fingerprint density at radius 1 is 1.39 bits per heavy atom. The summed E-state index contributed by atoms with van der Waals surface area (Å²) in [4.78, 5) is 37.5. The van der Waals surface area contributed by atoms with Gasteiger partial charge in [0.25, 0.3) is 0 Å². The van der Waals surface area contributed by atoms with Crippen molar-refractivity contribution in [1.29, 1.82) is 0 Å². The van der Waals surface area contributed by atoms with Crippen LogP contribution in [0, 0.1) is 0 Å². The summed E-state index contributed by atoms with van der Waals surface area (Å²) in [6, 6.07) is 4.87. The molecule has 1 aromatic carbocycles. The molecule has 0 atom stereocenters. The third-order valence-corrected chi connectivity index (χ3v) is 2.56. The first-order valence-corrected chi connectivity index (χ1v) is 5.36. The minimum Gasteiger partial charge on any atom is -0.408 e. The first-order chi connectivity index (χ1) is 8.47. The summed E-state index contributed by atoms with van der Waals surface area (Å²) in [5.74, 6) is -1.03. The average Bonchev–Trinajstić information content (AvgIpc) is 2.65. The smallest absolute Gasteiger partial charge is 0.408 e.